The fraction of sp³-hybridized carbons (Fsp3) is 0.632. The highest BCUT2D eigenvalue weighted by atomic mass is 32.2. The Morgan fingerprint density at radius 3 is 2.61 bits per heavy atom. The quantitative estimate of drug-likeness (QED) is 0.526. The van der Waals surface area contributed by atoms with Crippen molar-refractivity contribution in [3.05, 3.63) is 29.8 Å². The molecule has 3 unspecified atom stereocenters. The minimum atomic E-state index is -4.68. The lowest BCUT2D eigenvalue weighted by Crippen LogP contribution is -2.47. The molecule has 1 saturated carbocycles. The second kappa shape index (κ2) is 10.7. The van der Waals surface area contributed by atoms with Gasteiger partial charge in [-0.3, -0.25) is 9.20 Å². The Kier molecular flexibility index (Phi) is 8.59. The molecule has 1 fully saturated rings. The average Bonchev–Trinajstić information content (AvgIpc) is 2.67. The van der Waals surface area contributed by atoms with Crippen molar-refractivity contribution in [1.29, 1.82) is 0 Å². The number of hydrogen-bond donors (Lipinski definition) is 2. The van der Waals surface area contributed by atoms with Gasteiger partial charge < -0.3 is 15.4 Å². The van der Waals surface area contributed by atoms with Gasteiger partial charge in [-0.1, -0.05) is 25.5 Å². The van der Waals surface area contributed by atoms with Gasteiger partial charge in [-0.2, -0.15) is 0 Å². The molecule has 0 aliphatic heterocycles. The van der Waals surface area contributed by atoms with Gasteiger partial charge in [0.2, 0.25) is 0 Å². The molecule has 2 rings (SSSR count). The number of alkyl halides is 3. The minimum absolute atomic E-state index is 0.224. The molecule has 0 heterocycles. The summed E-state index contributed by atoms with van der Waals surface area (Å²) in [7, 11) is 0.927. The van der Waals surface area contributed by atoms with Gasteiger partial charge >= 0.3 is 6.36 Å². The van der Waals surface area contributed by atoms with Crippen LogP contribution in [0.5, 0.6) is 5.75 Å². The maximum Gasteiger partial charge on any atom is 0.573 e. The molecule has 0 spiro atoms. The summed E-state index contributed by atoms with van der Waals surface area (Å²) in [5.74, 6) is 1.15. The third-order valence-corrected chi connectivity index (χ3v) is 6.45. The fourth-order valence-corrected chi connectivity index (χ4v) is 4.67. The lowest BCUT2D eigenvalue weighted by molar-refractivity contribution is -0.274. The summed E-state index contributed by atoms with van der Waals surface area (Å²) < 4.78 is 52.5. The first-order valence-corrected chi connectivity index (χ1v) is 10.9. The molecule has 0 bridgehead atoms. The van der Waals surface area contributed by atoms with Gasteiger partial charge in [0.15, 0.2) is 5.96 Å². The van der Waals surface area contributed by atoms with Gasteiger partial charge in [0.25, 0.3) is 0 Å². The van der Waals surface area contributed by atoms with Crippen LogP contribution in [0.25, 0.3) is 0 Å². The molecule has 3 atom stereocenters. The predicted molar refractivity (Wildman–Crippen MR) is 106 cm³/mol. The zero-order chi connectivity index (χ0) is 20.6. The molecule has 1 aliphatic carbocycles. The Morgan fingerprint density at radius 1 is 1.29 bits per heavy atom. The summed E-state index contributed by atoms with van der Waals surface area (Å²) in [5, 5.41) is 6.87. The van der Waals surface area contributed by atoms with Crippen molar-refractivity contribution >= 4 is 16.8 Å². The standard InChI is InChI=1S/C19H28F3N3O2S/c1-3-28(26)17-6-4-5-15(13-17)25-18(23-2)24-12-11-14-7-9-16(10-8-14)27-19(20,21)22/h7-10,15,17H,3-6,11-13H2,1-2H3,(H2,23,24,25). The smallest absolute Gasteiger partial charge is 0.406 e. The van der Waals surface area contributed by atoms with E-state index < -0.39 is 17.2 Å². The number of halogens is 3. The molecule has 0 saturated heterocycles. The summed E-state index contributed by atoms with van der Waals surface area (Å²) in [5.41, 5.74) is 0.897. The third kappa shape index (κ3) is 7.69. The molecule has 28 heavy (non-hydrogen) atoms. The second-order valence-corrected chi connectivity index (χ2v) is 8.75. The van der Waals surface area contributed by atoms with Crippen LogP contribution in [0.3, 0.4) is 0 Å². The predicted octanol–water partition coefficient (Wildman–Crippen LogP) is 3.37. The molecule has 0 radical (unpaired) electrons. The number of nitrogens with zero attached hydrogens (tertiary/aromatic N) is 1. The molecular formula is C19H28F3N3O2S. The van der Waals surface area contributed by atoms with Crippen molar-refractivity contribution in [2.45, 2.75) is 56.7 Å². The molecule has 1 aliphatic rings. The van der Waals surface area contributed by atoms with E-state index in [2.05, 4.69) is 20.4 Å². The average molecular weight is 420 g/mol. The summed E-state index contributed by atoms with van der Waals surface area (Å²) in [6.45, 7) is 2.55. The van der Waals surface area contributed by atoms with Gasteiger partial charge in [0.1, 0.15) is 5.75 Å². The monoisotopic (exact) mass is 419 g/mol. The normalized spacial score (nSPS) is 21.8. The molecule has 0 amide bonds. The zero-order valence-corrected chi connectivity index (χ0v) is 17.0. The first-order chi connectivity index (χ1) is 13.3. The fourth-order valence-electron chi connectivity index (χ4n) is 3.32. The molecule has 9 heteroatoms. The van der Waals surface area contributed by atoms with Crippen LogP contribution in [0.4, 0.5) is 13.2 Å². The van der Waals surface area contributed by atoms with E-state index in [4.69, 9.17) is 0 Å². The topological polar surface area (TPSA) is 62.7 Å². The number of hydrogen-bond acceptors (Lipinski definition) is 3. The van der Waals surface area contributed by atoms with Gasteiger partial charge in [-0.15, -0.1) is 13.2 Å². The van der Waals surface area contributed by atoms with Crippen LogP contribution < -0.4 is 15.4 Å². The van der Waals surface area contributed by atoms with E-state index in [9.17, 15) is 17.4 Å². The molecule has 2 N–H and O–H groups in total. The summed E-state index contributed by atoms with van der Waals surface area (Å²) >= 11 is 0. The van der Waals surface area contributed by atoms with Gasteiger partial charge in [0.05, 0.1) is 0 Å². The number of nitrogens with one attached hydrogen (secondary N) is 2. The molecule has 1 aromatic rings. The first kappa shape index (κ1) is 22.5. The maximum absolute atomic E-state index is 12.2. The van der Waals surface area contributed by atoms with E-state index in [1.165, 1.54) is 12.1 Å². The Balaban J connectivity index is 1.77. The van der Waals surface area contributed by atoms with Gasteiger partial charge in [-0.05, 0) is 43.4 Å². The maximum atomic E-state index is 12.2. The van der Waals surface area contributed by atoms with E-state index in [0.29, 0.717) is 24.7 Å². The van der Waals surface area contributed by atoms with Crippen LogP contribution in [0.2, 0.25) is 0 Å². The van der Waals surface area contributed by atoms with Crippen molar-refractivity contribution in [2.24, 2.45) is 4.99 Å². The number of rotatable bonds is 7. The van der Waals surface area contributed by atoms with E-state index in [-0.39, 0.29) is 17.0 Å². The van der Waals surface area contributed by atoms with Crippen LogP contribution in [-0.2, 0) is 17.2 Å². The number of ether oxygens (including phenoxy) is 1. The van der Waals surface area contributed by atoms with Crippen molar-refractivity contribution < 1.29 is 22.1 Å². The minimum Gasteiger partial charge on any atom is -0.406 e. The largest absolute Gasteiger partial charge is 0.573 e. The SMILES string of the molecule is CCS(=O)C1CCCC(NC(=NC)NCCc2ccc(OC(F)(F)F)cc2)C1. The van der Waals surface area contributed by atoms with Crippen LogP contribution in [-0.4, -0.2) is 47.2 Å². The van der Waals surface area contributed by atoms with E-state index in [1.807, 2.05) is 6.92 Å². The molecule has 5 nitrogen and oxygen atoms in total. The molecule has 0 aromatic heterocycles. The van der Waals surface area contributed by atoms with E-state index in [1.54, 1.807) is 19.2 Å². The van der Waals surface area contributed by atoms with Crippen molar-refractivity contribution in [3.8, 4) is 5.75 Å². The number of aliphatic imine (C=N–C) groups is 1. The van der Waals surface area contributed by atoms with Crippen LogP contribution in [0.15, 0.2) is 29.3 Å². The lowest BCUT2D eigenvalue weighted by atomic mass is 9.95. The first-order valence-electron chi connectivity index (χ1n) is 9.49. The Hall–Kier alpha value is -1.77. The Bertz CT molecular complexity index is 665. The van der Waals surface area contributed by atoms with Crippen molar-refractivity contribution in [1.82, 2.24) is 10.6 Å². The molecule has 1 aromatic carbocycles. The third-order valence-electron chi connectivity index (χ3n) is 4.71. The number of benzene rings is 1. The Labute approximate surface area is 166 Å². The zero-order valence-electron chi connectivity index (χ0n) is 16.2. The van der Waals surface area contributed by atoms with Crippen LogP contribution in [0, 0.1) is 0 Å². The van der Waals surface area contributed by atoms with Crippen LogP contribution >= 0.6 is 0 Å². The number of guanidine groups is 1. The Morgan fingerprint density at radius 2 is 2.00 bits per heavy atom. The summed E-state index contributed by atoms with van der Waals surface area (Å²) in [6, 6.07) is 6.10. The molecule has 158 valence electrons. The van der Waals surface area contributed by atoms with Gasteiger partial charge in [0, 0.05) is 41.4 Å². The second-order valence-electron chi connectivity index (χ2n) is 6.74. The summed E-state index contributed by atoms with van der Waals surface area (Å²) in [4.78, 5) is 4.23. The summed E-state index contributed by atoms with van der Waals surface area (Å²) in [6.07, 6.45) is -0.0695. The highest BCUT2D eigenvalue weighted by Gasteiger charge is 2.31. The van der Waals surface area contributed by atoms with Gasteiger partial charge in [-0.25, -0.2) is 0 Å². The van der Waals surface area contributed by atoms with Crippen molar-refractivity contribution in [3.63, 3.8) is 0 Å². The van der Waals surface area contributed by atoms with Crippen LogP contribution in [0.1, 0.15) is 38.2 Å². The highest BCUT2D eigenvalue weighted by Crippen LogP contribution is 2.23. The molecular weight excluding hydrogens is 391 g/mol. The van der Waals surface area contributed by atoms with Crippen molar-refractivity contribution in [2.75, 3.05) is 19.3 Å². The highest BCUT2D eigenvalue weighted by molar-refractivity contribution is 7.85. The lowest BCUT2D eigenvalue weighted by Gasteiger charge is -2.30. The van der Waals surface area contributed by atoms with E-state index >= 15 is 0 Å². The van der Waals surface area contributed by atoms with E-state index in [0.717, 1.165) is 31.2 Å².